The van der Waals surface area contributed by atoms with Gasteiger partial charge in [0.15, 0.2) is 0 Å². The quantitative estimate of drug-likeness (QED) is 0.841. The number of nitrogens with one attached hydrogen (secondary N) is 1. The Bertz CT molecular complexity index is 460. The maximum absolute atomic E-state index is 5.31. The van der Waals surface area contributed by atoms with E-state index in [1.807, 2.05) is 33.3 Å². The number of likely N-dealkylation sites (N-methyl/N-ethyl adjacent to an activating group) is 1. The molecule has 0 fully saturated rings. The molecule has 5 nitrogen and oxygen atoms in total. The largest absolute Gasteiger partial charge is 0.469 e. The minimum atomic E-state index is 0.217. The van der Waals surface area contributed by atoms with Gasteiger partial charge < -0.3 is 9.73 Å². The van der Waals surface area contributed by atoms with Gasteiger partial charge in [0.1, 0.15) is 5.76 Å². The fourth-order valence-corrected chi connectivity index (χ4v) is 1.73. The number of aromatic nitrogens is 3. The molecule has 86 valence electrons. The minimum Gasteiger partial charge on any atom is -0.469 e. The predicted octanol–water partition coefficient (Wildman–Crippen LogP) is 1.22. The smallest absolute Gasteiger partial charge is 0.101 e. The number of hydrogen-bond acceptors (Lipinski definition) is 4. The van der Waals surface area contributed by atoms with Crippen molar-refractivity contribution in [1.29, 1.82) is 0 Å². The third-order valence-electron chi connectivity index (χ3n) is 2.57. The van der Waals surface area contributed by atoms with Crippen LogP contribution in [0.15, 0.2) is 22.9 Å². The molecular weight excluding hydrogens is 204 g/mol. The fraction of sp³-hybridized carbons (Fsp3) is 0.455. The zero-order valence-corrected chi connectivity index (χ0v) is 9.77. The van der Waals surface area contributed by atoms with Gasteiger partial charge in [-0.3, -0.25) is 4.68 Å². The molecule has 0 spiro atoms. The van der Waals surface area contributed by atoms with Crippen molar-refractivity contribution >= 4 is 0 Å². The summed E-state index contributed by atoms with van der Waals surface area (Å²) in [6.45, 7) is 1.94. The zero-order chi connectivity index (χ0) is 11.5. The van der Waals surface area contributed by atoms with E-state index in [1.165, 1.54) is 0 Å². The molecule has 2 heterocycles. The molecule has 5 heteroatoms. The molecular formula is C11H16N4O. The Morgan fingerprint density at radius 3 is 2.88 bits per heavy atom. The summed E-state index contributed by atoms with van der Waals surface area (Å²) in [5.74, 6) is 0.925. The summed E-state index contributed by atoms with van der Waals surface area (Å²) < 4.78 is 7.02. The molecule has 0 saturated heterocycles. The highest BCUT2D eigenvalue weighted by Crippen LogP contribution is 2.19. The molecule has 1 atom stereocenters. The van der Waals surface area contributed by atoms with Crippen LogP contribution in [0.1, 0.15) is 23.1 Å². The van der Waals surface area contributed by atoms with Gasteiger partial charge in [-0.1, -0.05) is 5.21 Å². The highest BCUT2D eigenvalue weighted by atomic mass is 16.3. The normalized spacial score (nSPS) is 12.9. The zero-order valence-electron chi connectivity index (χ0n) is 9.77. The fourth-order valence-electron chi connectivity index (χ4n) is 1.73. The lowest BCUT2D eigenvalue weighted by Gasteiger charge is -2.11. The molecule has 2 rings (SSSR count). The third kappa shape index (κ3) is 2.30. The second-order valence-corrected chi connectivity index (χ2v) is 3.92. The highest BCUT2D eigenvalue weighted by Gasteiger charge is 2.14. The molecule has 1 N–H and O–H groups in total. The Morgan fingerprint density at radius 2 is 2.38 bits per heavy atom. The molecule has 0 aliphatic rings. The Kier molecular flexibility index (Phi) is 3.05. The second-order valence-electron chi connectivity index (χ2n) is 3.92. The van der Waals surface area contributed by atoms with Crippen LogP contribution in [0.3, 0.4) is 0 Å². The van der Waals surface area contributed by atoms with E-state index in [0.717, 1.165) is 23.4 Å². The van der Waals surface area contributed by atoms with Crippen LogP contribution in [0.5, 0.6) is 0 Å². The SMILES string of the molecule is CNC(Cc1cn(C)nn1)c1coc(C)c1. The Hall–Kier alpha value is -1.62. The number of furan rings is 1. The molecule has 16 heavy (non-hydrogen) atoms. The summed E-state index contributed by atoms with van der Waals surface area (Å²) in [5.41, 5.74) is 2.12. The molecule has 0 aromatic carbocycles. The van der Waals surface area contributed by atoms with Gasteiger partial charge in [-0.2, -0.15) is 0 Å². The van der Waals surface area contributed by atoms with Crippen LogP contribution < -0.4 is 5.32 Å². The molecule has 0 saturated carbocycles. The Balaban J connectivity index is 2.12. The maximum atomic E-state index is 5.31. The molecule has 0 aliphatic carbocycles. The first-order valence-corrected chi connectivity index (χ1v) is 5.26. The van der Waals surface area contributed by atoms with Gasteiger partial charge >= 0.3 is 0 Å². The van der Waals surface area contributed by atoms with E-state index in [-0.39, 0.29) is 6.04 Å². The lowest BCUT2D eigenvalue weighted by Crippen LogP contribution is -2.18. The summed E-state index contributed by atoms with van der Waals surface area (Å²) in [7, 11) is 3.80. The second kappa shape index (κ2) is 4.49. The number of rotatable bonds is 4. The van der Waals surface area contributed by atoms with Crippen molar-refractivity contribution in [2.24, 2.45) is 7.05 Å². The average Bonchev–Trinajstić information content (AvgIpc) is 2.84. The van der Waals surface area contributed by atoms with E-state index in [9.17, 15) is 0 Å². The van der Waals surface area contributed by atoms with Crippen LogP contribution in [0.4, 0.5) is 0 Å². The monoisotopic (exact) mass is 220 g/mol. The number of hydrogen-bond donors (Lipinski definition) is 1. The van der Waals surface area contributed by atoms with Gasteiger partial charge in [-0.05, 0) is 20.0 Å². The van der Waals surface area contributed by atoms with E-state index in [1.54, 1.807) is 10.9 Å². The molecule has 0 aliphatic heterocycles. The number of nitrogens with zero attached hydrogens (tertiary/aromatic N) is 3. The molecule has 2 aromatic rings. The van der Waals surface area contributed by atoms with Crippen molar-refractivity contribution in [2.45, 2.75) is 19.4 Å². The average molecular weight is 220 g/mol. The van der Waals surface area contributed by atoms with E-state index in [0.29, 0.717) is 0 Å². The highest BCUT2D eigenvalue weighted by molar-refractivity contribution is 5.18. The van der Waals surface area contributed by atoms with E-state index < -0.39 is 0 Å². The third-order valence-corrected chi connectivity index (χ3v) is 2.57. The predicted molar refractivity (Wildman–Crippen MR) is 60.0 cm³/mol. The van der Waals surface area contributed by atoms with E-state index in [4.69, 9.17) is 4.42 Å². The van der Waals surface area contributed by atoms with E-state index >= 15 is 0 Å². The van der Waals surface area contributed by atoms with Gasteiger partial charge in [0.25, 0.3) is 0 Å². The van der Waals surface area contributed by atoms with Crippen LogP contribution in [0.2, 0.25) is 0 Å². The van der Waals surface area contributed by atoms with Crippen molar-refractivity contribution in [3.63, 3.8) is 0 Å². The first-order valence-electron chi connectivity index (χ1n) is 5.26. The van der Waals surface area contributed by atoms with Crippen molar-refractivity contribution in [2.75, 3.05) is 7.05 Å². The van der Waals surface area contributed by atoms with Gasteiger partial charge in [0.05, 0.1) is 12.0 Å². The van der Waals surface area contributed by atoms with Crippen LogP contribution >= 0.6 is 0 Å². The molecule has 0 radical (unpaired) electrons. The molecule has 0 bridgehead atoms. The first kappa shape index (κ1) is 10.9. The summed E-state index contributed by atoms with van der Waals surface area (Å²) >= 11 is 0. The van der Waals surface area contributed by atoms with Crippen molar-refractivity contribution < 1.29 is 4.42 Å². The first-order chi connectivity index (χ1) is 7.69. The lowest BCUT2D eigenvalue weighted by atomic mass is 10.1. The maximum Gasteiger partial charge on any atom is 0.101 e. The topological polar surface area (TPSA) is 55.9 Å². The van der Waals surface area contributed by atoms with E-state index in [2.05, 4.69) is 15.6 Å². The van der Waals surface area contributed by atoms with Gasteiger partial charge in [0.2, 0.25) is 0 Å². The lowest BCUT2D eigenvalue weighted by molar-refractivity contribution is 0.519. The van der Waals surface area contributed by atoms with Gasteiger partial charge in [-0.25, -0.2) is 0 Å². The number of aryl methyl sites for hydroxylation is 2. The van der Waals surface area contributed by atoms with Crippen molar-refractivity contribution in [3.8, 4) is 0 Å². The van der Waals surface area contributed by atoms with Crippen molar-refractivity contribution in [3.05, 3.63) is 35.5 Å². The van der Waals surface area contributed by atoms with Gasteiger partial charge in [0, 0.05) is 31.3 Å². The summed E-state index contributed by atoms with van der Waals surface area (Å²) in [5, 5.41) is 11.2. The molecule has 1 unspecified atom stereocenters. The summed E-state index contributed by atoms with van der Waals surface area (Å²) in [6, 6.07) is 2.26. The summed E-state index contributed by atoms with van der Waals surface area (Å²) in [4.78, 5) is 0. The Morgan fingerprint density at radius 1 is 1.56 bits per heavy atom. The summed E-state index contributed by atoms with van der Waals surface area (Å²) in [6.07, 6.45) is 4.52. The standard InChI is InChI=1S/C11H16N4O/c1-8-4-9(7-16-8)11(12-2)5-10-6-15(3)14-13-10/h4,6-7,11-12H,5H2,1-3H3. The molecule has 2 aromatic heterocycles. The van der Waals surface area contributed by atoms with Crippen molar-refractivity contribution in [1.82, 2.24) is 20.3 Å². The van der Waals surface area contributed by atoms with Gasteiger partial charge in [-0.15, -0.1) is 5.10 Å². The van der Waals surface area contributed by atoms with Crippen LogP contribution in [-0.4, -0.2) is 22.0 Å². The van der Waals surface area contributed by atoms with Crippen LogP contribution in [0.25, 0.3) is 0 Å². The Labute approximate surface area is 94.5 Å². The molecule has 0 amide bonds. The van der Waals surface area contributed by atoms with Crippen LogP contribution in [-0.2, 0) is 13.5 Å². The van der Waals surface area contributed by atoms with Crippen LogP contribution in [0, 0.1) is 6.92 Å². The minimum absolute atomic E-state index is 0.217.